The second-order valence-electron chi connectivity index (χ2n) is 5.31. The maximum absolute atomic E-state index is 10.7. The predicted molar refractivity (Wildman–Crippen MR) is 90.9 cm³/mol. The van der Waals surface area contributed by atoms with Gasteiger partial charge in [0.05, 0.1) is 24.6 Å². The van der Waals surface area contributed by atoms with Gasteiger partial charge in [0.2, 0.25) is 0 Å². The minimum atomic E-state index is -0.883. The van der Waals surface area contributed by atoms with Crippen molar-refractivity contribution >= 4 is 16.9 Å². The molecule has 3 rings (SSSR count). The van der Waals surface area contributed by atoms with Crippen LogP contribution in [0.3, 0.4) is 0 Å². The van der Waals surface area contributed by atoms with E-state index in [0.717, 1.165) is 0 Å². The molecule has 0 fully saturated rings. The van der Waals surface area contributed by atoms with Gasteiger partial charge >= 0.3 is 5.97 Å². The molecule has 25 heavy (non-hydrogen) atoms. The van der Waals surface area contributed by atoms with Crippen molar-refractivity contribution in [1.82, 2.24) is 4.98 Å². The molecule has 0 radical (unpaired) electrons. The molecule has 0 spiro atoms. The summed E-state index contributed by atoms with van der Waals surface area (Å²) in [6.07, 6.45) is 1.58. The molecule has 0 bridgehead atoms. The molecule has 0 atom stereocenters. The van der Waals surface area contributed by atoms with Crippen molar-refractivity contribution in [1.29, 1.82) is 5.26 Å². The number of carbonyl (C=O) groups is 1. The van der Waals surface area contributed by atoms with Gasteiger partial charge in [-0.15, -0.1) is 0 Å². The van der Waals surface area contributed by atoms with Gasteiger partial charge in [-0.05, 0) is 29.8 Å². The van der Waals surface area contributed by atoms with E-state index in [-0.39, 0.29) is 6.42 Å². The van der Waals surface area contributed by atoms with Crippen molar-refractivity contribution in [2.75, 3.05) is 7.11 Å². The highest BCUT2D eigenvalue weighted by Gasteiger charge is 2.11. The Morgan fingerprint density at radius 1 is 1.20 bits per heavy atom. The number of fused-ring (bicyclic) bond motifs is 1. The fourth-order valence-corrected chi connectivity index (χ4v) is 2.47. The van der Waals surface area contributed by atoms with Gasteiger partial charge in [-0.1, -0.05) is 12.1 Å². The van der Waals surface area contributed by atoms with Gasteiger partial charge in [0.25, 0.3) is 0 Å². The zero-order valence-corrected chi connectivity index (χ0v) is 13.4. The van der Waals surface area contributed by atoms with E-state index in [4.69, 9.17) is 14.6 Å². The quantitative estimate of drug-likeness (QED) is 0.767. The summed E-state index contributed by atoms with van der Waals surface area (Å²) >= 11 is 0. The van der Waals surface area contributed by atoms with Crippen LogP contribution in [0.5, 0.6) is 17.2 Å². The molecule has 1 heterocycles. The molecule has 124 valence electrons. The molecule has 6 nitrogen and oxygen atoms in total. The molecule has 0 aliphatic carbocycles. The molecule has 0 unspecified atom stereocenters. The Kier molecular flexibility index (Phi) is 4.48. The summed E-state index contributed by atoms with van der Waals surface area (Å²) in [7, 11) is 1.50. The first-order chi connectivity index (χ1) is 12.1. The van der Waals surface area contributed by atoms with Gasteiger partial charge in [0.15, 0.2) is 0 Å². The molecule has 1 N–H and O–H groups in total. The number of methoxy groups -OCH3 is 1. The molecule has 0 saturated heterocycles. The van der Waals surface area contributed by atoms with E-state index in [1.807, 2.05) is 0 Å². The molecular weight excluding hydrogens is 320 g/mol. The van der Waals surface area contributed by atoms with Crippen LogP contribution in [0.15, 0.2) is 48.7 Å². The van der Waals surface area contributed by atoms with Crippen molar-refractivity contribution in [3.8, 4) is 23.3 Å². The van der Waals surface area contributed by atoms with E-state index in [1.165, 1.54) is 7.11 Å². The average Bonchev–Trinajstić information content (AvgIpc) is 2.62. The lowest BCUT2D eigenvalue weighted by atomic mass is 10.1. The maximum atomic E-state index is 10.7. The van der Waals surface area contributed by atoms with Gasteiger partial charge in [0.1, 0.15) is 23.3 Å². The van der Waals surface area contributed by atoms with E-state index in [2.05, 4.69) is 11.1 Å². The Bertz CT molecular complexity index is 975. The molecule has 1 aromatic heterocycles. The normalized spacial score (nSPS) is 10.2. The maximum Gasteiger partial charge on any atom is 0.307 e. The second-order valence-corrected chi connectivity index (χ2v) is 5.31. The Balaban J connectivity index is 1.96. The number of hydrogen-bond acceptors (Lipinski definition) is 5. The fraction of sp³-hybridized carbons (Fsp3) is 0.105. The SMILES string of the molecule is COc1cc2nccc(Oc3ccc(CC(=O)O)cc3)c2cc1C#N. The van der Waals surface area contributed by atoms with Gasteiger partial charge in [-0.3, -0.25) is 9.78 Å². The summed E-state index contributed by atoms with van der Waals surface area (Å²) in [6, 6.07) is 14.0. The number of nitriles is 1. The first-order valence-corrected chi connectivity index (χ1v) is 7.46. The fourth-order valence-electron chi connectivity index (χ4n) is 2.47. The first kappa shape index (κ1) is 16.3. The number of aliphatic carboxylic acids is 1. The number of carboxylic acids is 1. The third kappa shape index (κ3) is 3.51. The van der Waals surface area contributed by atoms with E-state index >= 15 is 0 Å². The van der Waals surface area contributed by atoms with Crippen molar-refractivity contribution in [3.05, 3.63) is 59.8 Å². The van der Waals surface area contributed by atoms with Crippen LogP contribution in [0.2, 0.25) is 0 Å². The van der Waals surface area contributed by atoms with E-state index < -0.39 is 5.97 Å². The van der Waals surface area contributed by atoms with Crippen LogP contribution in [0, 0.1) is 11.3 Å². The van der Waals surface area contributed by atoms with Crippen molar-refractivity contribution in [2.45, 2.75) is 6.42 Å². The second kappa shape index (κ2) is 6.89. The van der Waals surface area contributed by atoms with Crippen LogP contribution in [0.4, 0.5) is 0 Å². The lowest BCUT2D eigenvalue weighted by Gasteiger charge is -2.11. The van der Waals surface area contributed by atoms with Gasteiger partial charge < -0.3 is 14.6 Å². The van der Waals surface area contributed by atoms with Crippen LogP contribution in [-0.2, 0) is 11.2 Å². The summed E-state index contributed by atoms with van der Waals surface area (Å²) in [6.45, 7) is 0. The minimum absolute atomic E-state index is 0.0379. The molecular formula is C19H14N2O4. The van der Waals surface area contributed by atoms with E-state index in [0.29, 0.717) is 39.3 Å². The largest absolute Gasteiger partial charge is 0.495 e. The Labute approximate surface area is 143 Å². The van der Waals surface area contributed by atoms with Crippen LogP contribution in [-0.4, -0.2) is 23.2 Å². The smallest absolute Gasteiger partial charge is 0.307 e. The van der Waals surface area contributed by atoms with Crippen molar-refractivity contribution < 1.29 is 19.4 Å². The van der Waals surface area contributed by atoms with E-state index in [1.54, 1.807) is 48.7 Å². The monoisotopic (exact) mass is 334 g/mol. The third-order valence-corrected chi connectivity index (χ3v) is 3.65. The van der Waals surface area contributed by atoms with Crippen LogP contribution in [0.1, 0.15) is 11.1 Å². The zero-order chi connectivity index (χ0) is 17.8. The number of hydrogen-bond donors (Lipinski definition) is 1. The number of rotatable bonds is 5. The zero-order valence-electron chi connectivity index (χ0n) is 13.4. The summed E-state index contributed by atoms with van der Waals surface area (Å²) in [5.41, 5.74) is 1.73. The summed E-state index contributed by atoms with van der Waals surface area (Å²) in [5, 5.41) is 18.7. The van der Waals surface area contributed by atoms with Crippen LogP contribution >= 0.6 is 0 Å². The highest BCUT2D eigenvalue weighted by atomic mass is 16.5. The summed E-state index contributed by atoms with van der Waals surface area (Å²) < 4.78 is 11.1. The molecule has 2 aromatic carbocycles. The van der Waals surface area contributed by atoms with Gasteiger partial charge in [-0.2, -0.15) is 5.26 Å². The lowest BCUT2D eigenvalue weighted by Crippen LogP contribution is -1.99. The average molecular weight is 334 g/mol. The molecule has 0 amide bonds. The molecule has 0 aliphatic heterocycles. The van der Waals surface area contributed by atoms with Crippen molar-refractivity contribution in [3.63, 3.8) is 0 Å². The Hall–Kier alpha value is -3.59. The minimum Gasteiger partial charge on any atom is -0.495 e. The van der Waals surface area contributed by atoms with Crippen LogP contribution < -0.4 is 9.47 Å². The van der Waals surface area contributed by atoms with E-state index in [9.17, 15) is 10.1 Å². The first-order valence-electron chi connectivity index (χ1n) is 7.46. The molecule has 0 saturated carbocycles. The number of benzene rings is 2. The highest BCUT2D eigenvalue weighted by molar-refractivity contribution is 5.88. The lowest BCUT2D eigenvalue weighted by molar-refractivity contribution is -0.136. The standard InChI is InChI=1S/C19H14N2O4/c1-24-18-10-16-15(9-13(18)11-20)17(6-7-21-16)25-14-4-2-12(3-5-14)8-19(22)23/h2-7,9-10H,8H2,1H3,(H,22,23). The molecule has 0 aliphatic rings. The number of pyridine rings is 1. The highest BCUT2D eigenvalue weighted by Crippen LogP contribution is 2.32. The molecule has 6 heteroatoms. The number of aromatic nitrogens is 1. The number of nitrogens with zero attached hydrogens (tertiary/aromatic N) is 2. The van der Waals surface area contributed by atoms with Gasteiger partial charge in [-0.25, -0.2) is 0 Å². The number of ether oxygens (including phenoxy) is 2. The molecule has 3 aromatic rings. The predicted octanol–water partition coefficient (Wildman–Crippen LogP) is 3.53. The summed E-state index contributed by atoms with van der Waals surface area (Å²) in [4.78, 5) is 15.0. The van der Waals surface area contributed by atoms with Crippen LogP contribution in [0.25, 0.3) is 10.9 Å². The topological polar surface area (TPSA) is 92.4 Å². The Morgan fingerprint density at radius 2 is 1.96 bits per heavy atom. The Morgan fingerprint density at radius 3 is 2.60 bits per heavy atom. The number of carboxylic acid groups (broad SMARTS) is 1. The third-order valence-electron chi connectivity index (χ3n) is 3.65. The van der Waals surface area contributed by atoms with Crippen molar-refractivity contribution in [2.24, 2.45) is 0 Å². The summed E-state index contributed by atoms with van der Waals surface area (Å²) in [5.74, 6) is 0.690. The van der Waals surface area contributed by atoms with Gasteiger partial charge in [0, 0.05) is 17.6 Å².